The minimum absolute atomic E-state index is 0.00918. The maximum atomic E-state index is 12.1. The number of benzene rings is 2. The van der Waals surface area contributed by atoms with E-state index in [1.807, 2.05) is 19.1 Å². The second-order valence-corrected chi connectivity index (χ2v) is 5.64. The first-order chi connectivity index (χ1) is 12.5. The van der Waals surface area contributed by atoms with Crippen molar-refractivity contribution in [2.24, 2.45) is 4.99 Å². The molecule has 0 aliphatic carbocycles. The Bertz CT molecular complexity index is 952. The Morgan fingerprint density at radius 2 is 2.08 bits per heavy atom. The molecule has 3 rings (SSSR count). The third kappa shape index (κ3) is 3.57. The molecule has 2 aromatic rings. The van der Waals surface area contributed by atoms with Crippen LogP contribution in [0.4, 0.5) is 5.69 Å². The van der Waals surface area contributed by atoms with Crippen molar-refractivity contribution >= 4 is 35.2 Å². The molecule has 0 atom stereocenters. The molecule has 0 saturated carbocycles. The highest BCUT2D eigenvalue weighted by atomic mass is 35.5. The van der Waals surface area contributed by atoms with Crippen LogP contribution in [0.5, 0.6) is 5.75 Å². The van der Waals surface area contributed by atoms with E-state index in [2.05, 4.69) is 4.99 Å². The quantitative estimate of drug-likeness (QED) is 0.342. The summed E-state index contributed by atoms with van der Waals surface area (Å²) in [6.07, 6.45) is 1.55. The first-order valence-corrected chi connectivity index (χ1v) is 8.06. The summed E-state index contributed by atoms with van der Waals surface area (Å²) in [4.78, 5) is 26.7. The number of hydrogen-bond acceptors (Lipinski definition) is 6. The highest BCUT2D eigenvalue weighted by Crippen LogP contribution is 2.28. The number of carbonyl (C=O) groups is 1. The number of halogens is 1. The van der Waals surface area contributed by atoms with Gasteiger partial charge in [-0.1, -0.05) is 29.8 Å². The van der Waals surface area contributed by atoms with E-state index in [0.717, 1.165) is 0 Å². The van der Waals surface area contributed by atoms with Crippen molar-refractivity contribution in [3.8, 4) is 5.75 Å². The number of aliphatic imine (C=N–C) groups is 1. The first-order valence-electron chi connectivity index (χ1n) is 7.68. The molecule has 1 aliphatic rings. The fourth-order valence-corrected chi connectivity index (χ4v) is 2.54. The predicted molar refractivity (Wildman–Crippen MR) is 96.3 cm³/mol. The zero-order chi connectivity index (χ0) is 18.7. The van der Waals surface area contributed by atoms with E-state index in [1.54, 1.807) is 18.2 Å². The van der Waals surface area contributed by atoms with Crippen LogP contribution in [0.3, 0.4) is 0 Å². The average molecular weight is 373 g/mol. The molecule has 132 valence electrons. The Hall–Kier alpha value is -3.19. The highest BCUT2D eigenvalue weighted by Gasteiger charge is 2.26. The Kier molecular flexibility index (Phi) is 4.99. The zero-order valence-corrected chi connectivity index (χ0v) is 14.4. The van der Waals surface area contributed by atoms with Crippen LogP contribution in [-0.2, 0) is 9.53 Å². The summed E-state index contributed by atoms with van der Waals surface area (Å²) in [7, 11) is 0. The van der Waals surface area contributed by atoms with Crippen molar-refractivity contribution in [3.63, 3.8) is 0 Å². The number of esters is 1. The predicted octanol–water partition coefficient (Wildman–Crippen LogP) is 3.99. The molecule has 1 heterocycles. The van der Waals surface area contributed by atoms with Crippen LogP contribution in [0.1, 0.15) is 18.1 Å². The first kappa shape index (κ1) is 17.6. The van der Waals surface area contributed by atoms with E-state index in [4.69, 9.17) is 21.1 Å². The fraction of sp³-hybridized carbons (Fsp3) is 0.111. The van der Waals surface area contributed by atoms with Gasteiger partial charge in [-0.25, -0.2) is 9.79 Å². The molecule has 0 fully saturated rings. The van der Waals surface area contributed by atoms with Gasteiger partial charge in [0.2, 0.25) is 5.90 Å². The second kappa shape index (κ2) is 7.37. The lowest BCUT2D eigenvalue weighted by molar-refractivity contribution is -0.384. The molecule has 7 nitrogen and oxygen atoms in total. The van der Waals surface area contributed by atoms with Gasteiger partial charge in [0.15, 0.2) is 5.70 Å². The number of carbonyl (C=O) groups excluding carboxylic acids is 1. The van der Waals surface area contributed by atoms with Crippen molar-refractivity contribution in [3.05, 3.63) is 74.4 Å². The summed E-state index contributed by atoms with van der Waals surface area (Å²) < 4.78 is 10.7. The van der Waals surface area contributed by atoms with Crippen molar-refractivity contribution in [1.29, 1.82) is 0 Å². The molecule has 0 radical (unpaired) electrons. The molecule has 0 N–H and O–H groups in total. The van der Waals surface area contributed by atoms with Gasteiger partial charge in [-0.2, -0.15) is 0 Å². The van der Waals surface area contributed by atoms with E-state index in [9.17, 15) is 14.9 Å². The Morgan fingerprint density at radius 3 is 2.81 bits per heavy atom. The number of rotatable bonds is 5. The number of nitro groups is 1. The summed E-state index contributed by atoms with van der Waals surface area (Å²) >= 11 is 5.80. The molecule has 0 amide bonds. The number of cyclic esters (lactones) is 1. The number of ether oxygens (including phenoxy) is 2. The topological polar surface area (TPSA) is 91.0 Å². The molecular formula is C18H13ClN2O5. The van der Waals surface area contributed by atoms with Gasteiger partial charge in [-0.15, -0.1) is 0 Å². The molecule has 0 saturated heterocycles. The van der Waals surface area contributed by atoms with Crippen LogP contribution in [0.2, 0.25) is 5.02 Å². The van der Waals surface area contributed by atoms with E-state index < -0.39 is 10.9 Å². The number of nitrogens with zero attached hydrogens (tertiary/aromatic N) is 2. The van der Waals surface area contributed by atoms with E-state index in [0.29, 0.717) is 17.9 Å². The summed E-state index contributed by atoms with van der Waals surface area (Å²) in [5.74, 6) is -0.0557. The number of para-hydroxylation sites is 1. The van der Waals surface area contributed by atoms with E-state index in [1.165, 1.54) is 18.2 Å². The highest BCUT2D eigenvalue weighted by molar-refractivity contribution is 6.32. The summed E-state index contributed by atoms with van der Waals surface area (Å²) in [5, 5.41) is 11.0. The monoisotopic (exact) mass is 372 g/mol. The fourth-order valence-electron chi connectivity index (χ4n) is 2.35. The van der Waals surface area contributed by atoms with Crippen LogP contribution in [0, 0.1) is 10.1 Å². The third-order valence-corrected chi connectivity index (χ3v) is 3.84. The van der Waals surface area contributed by atoms with Gasteiger partial charge in [-0.3, -0.25) is 10.1 Å². The minimum atomic E-state index is -0.649. The largest absolute Gasteiger partial charge is 0.493 e. The smallest absolute Gasteiger partial charge is 0.363 e. The van der Waals surface area contributed by atoms with Gasteiger partial charge >= 0.3 is 5.97 Å². The molecule has 0 aromatic heterocycles. The third-order valence-electron chi connectivity index (χ3n) is 3.52. The SMILES string of the molecule is CCOc1ccccc1/C=C1\N=C(c2ccc(Cl)c([N+](=O)[O-])c2)OC1=O. The van der Waals surface area contributed by atoms with Gasteiger partial charge in [0, 0.05) is 17.2 Å². The Morgan fingerprint density at radius 1 is 1.31 bits per heavy atom. The van der Waals surface area contributed by atoms with Gasteiger partial charge < -0.3 is 9.47 Å². The van der Waals surface area contributed by atoms with Crippen LogP contribution < -0.4 is 4.74 Å². The van der Waals surface area contributed by atoms with Crippen molar-refractivity contribution in [2.45, 2.75) is 6.92 Å². The Balaban J connectivity index is 1.98. The minimum Gasteiger partial charge on any atom is -0.493 e. The van der Waals surface area contributed by atoms with Crippen molar-refractivity contribution in [1.82, 2.24) is 0 Å². The van der Waals surface area contributed by atoms with Crippen LogP contribution in [0.15, 0.2) is 53.2 Å². The van der Waals surface area contributed by atoms with Gasteiger partial charge in [0.05, 0.1) is 11.5 Å². The molecule has 0 spiro atoms. The maximum Gasteiger partial charge on any atom is 0.363 e. The van der Waals surface area contributed by atoms with Crippen LogP contribution in [0.25, 0.3) is 6.08 Å². The zero-order valence-electron chi connectivity index (χ0n) is 13.6. The van der Waals surface area contributed by atoms with E-state index >= 15 is 0 Å². The second-order valence-electron chi connectivity index (χ2n) is 5.23. The molecule has 26 heavy (non-hydrogen) atoms. The number of nitro benzene ring substituents is 1. The lowest BCUT2D eigenvalue weighted by atomic mass is 10.1. The molecule has 0 bridgehead atoms. The summed E-state index contributed by atoms with van der Waals surface area (Å²) in [6, 6.07) is 11.3. The summed E-state index contributed by atoms with van der Waals surface area (Å²) in [5.41, 5.74) is 0.746. The Labute approximate surface area is 153 Å². The van der Waals surface area contributed by atoms with Crippen LogP contribution in [-0.4, -0.2) is 23.4 Å². The molecule has 8 heteroatoms. The number of hydrogen-bond donors (Lipinski definition) is 0. The lowest BCUT2D eigenvalue weighted by Crippen LogP contribution is -2.06. The van der Waals surface area contributed by atoms with Gasteiger partial charge in [-0.05, 0) is 31.2 Å². The van der Waals surface area contributed by atoms with Gasteiger partial charge in [0.25, 0.3) is 5.69 Å². The average Bonchev–Trinajstić information content (AvgIpc) is 2.98. The van der Waals surface area contributed by atoms with Crippen molar-refractivity contribution in [2.75, 3.05) is 6.61 Å². The lowest BCUT2D eigenvalue weighted by Gasteiger charge is -2.06. The van der Waals surface area contributed by atoms with Crippen molar-refractivity contribution < 1.29 is 19.2 Å². The normalized spacial score (nSPS) is 14.9. The maximum absolute atomic E-state index is 12.1. The van der Waals surface area contributed by atoms with Crippen LogP contribution >= 0.6 is 11.6 Å². The van der Waals surface area contributed by atoms with Gasteiger partial charge in [0.1, 0.15) is 10.8 Å². The summed E-state index contributed by atoms with van der Waals surface area (Å²) in [6.45, 7) is 2.34. The molecule has 0 unspecified atom stereocenters. The molecule has 2 aromatic carbocycles. The van der Waals surface area contributed by atoms with E-state index in [-0.39, 0.29) is 27.9 Å². The standard InChI is InChI=1S/C18H13ClN2O5/c1-2-25-16-6-4-3-5-11(16)9-14-18(22)26-17(20-14)12-7-8-13(19)15(10-12)21(23)24/h3-10H,2H2,1H3/b14-9-. The molecule has 1 aliphatic heterocycles. The molecular weight excluding hydrogens is 360 g/mol.